The third-order valence-electron chi connectivity index (χ3n) is 5.44. The number of pyridine rings is 1. The number of nitrogens with zero attached hydrogens (tertiary/aromatic N) is 3. The van der Waals surface area contributed by atoms with Crippen LogP contribution in [0.1, 0.15) is 12.0 Å². The van der Waals surface area contributed by atoms with Crippen LogP contribution in [0, 0.1) is 6.92 Å². The topological polar surface area (TPSA) is 89.0 Å². The minimum absolute atomic E-state index is 0.103. The van der Waals surface area contributed by atoms with Gasteiger partial charge in [0.05, 0.1) is 30.9 Å². The van der Waals surface area contributed by atoms with Gasteiger partial charge in [-0.25, -0.2) is 8.42 Å². The van der Waals surface area contributed by atoms with Gasteiger partial charge in [-0.15, -0.1) is 0 Å². The molecule has 1 aromatic heterocycles. The van der Waals surface area contributed by atoms with E-state index in [0.717, 1.165) is 0 Å². The van der Waals surface area contributed by atoms with Crippen molar-refractivity contribution in [2.45, 2.75) is 30.4 Å². The molecule has 1 amide bonds. The summed E-state index contributed by atoms with van der Waals surface area (Å²) in [4.78, 5) is 19.2. The van der Waals surface area contributed by atoms with Gasteiger partial charge in [-0.1, -0.05) is 18.2 Å². The van der Waals surface area contributed by atoms with E-state index < -0.39 is 22.2 Å². The molecule has 0 bridgehead atoms. The molecule has 2 aliphatic rings. The molecule has 8 nitrogen and oxygen atoms in total. The summed E-state index contributed by atoms with van der Waals surface area (Å²) in [7, 11) is -3.87. The number of rotatable bonds is 5. The van der Waals surface area contributed by atoms with Crippen LogP contribution in [0.3, 0.4) is 0 Å². The number of aryl methyl sites for hydroxylation is 1. The molecule has 1 aromatic carbocycles. The van der Waals surface area contributed by atoms with E-state index in [2.05, 4.69) is 4.98 Å². The number of morpholine rings is 1. The predicted octanol–water partition coefficient (Wildman–Crippen LogP) is 1.46. The number of carbonyl (C=O) groups excluding carboxylic acids is 1. The summed E-state index contributed by atoms with van der Waals surface area (Å²) in [5.41, 5.74) is 0.645. The highest BCUT2D eigenvalue weighted by molar-refractivity contribution is 7.89. The smallest absolute Gasteiger partial charge is 0.244 e. The Bertz CT molecular complexity index is 993. The summed E-state index contributed by atoms with van der Waals surface area (Å²) in [6.07, 6.45) is 3.07. The first-order valence-electron chi connectivity index (χ1n) is 9.97. The Labute approximate surface area is 176 Å². The fourth-order valence-corrected chi connectivity index (χ4v) is 5.77. The summed E-state index contributed by atoms with van der Waals surface area (Å²) in [5.74, 6) is 0.350. The number of ether oxygens (including phenoxy) is 2. The maximum Gasteiger partial charge on any atom is 0.244 e. The van der Waals surface area contributed by atoms with Gasteiger partial charge < -0.3 is 14.4 Å². The number of benzene rings is 1. The number of aromatic nitrogens is 1. The number of hydrogen-bond acceptors (Lipinski definition) is 6. The molecule has 4 rings (SSSR count). The SMILES string of the molecule is Cc1ccccc1S(=O)(=O)N1C[C@@H](Oc2cccnc2)C[C@@H]1C(=O)N1CCOCC1. The molecule has 0 radical (unpaired) electrons. The van der Waals surface area contributed by atoms with Crippen LogP contribution in [0.15, 0.2) is 53.7 Å². The van der Waals surface area contributed by atoms with Gasteiger partial charge in [0.25, 0.3) is 0 Å². The molecular formula is C21H25N3O5S. The molecule has 0 aliphatic carbocycles. The lowest BCUT2D eigenvalue weighted by Gasteiger charge is -2.32. The van der Waals surface area contributed by atoms with E-state index in [9.17, 15) is 13.2 Å². The summed E-state index contributed by atoms with van der Waals surface area (Å²) < 4.78 is 39.6. The van der Waals surface area contributed by atoms with Crippen LogP contribution in [0.5, 0.6) is 5.75 Å². The molecular weight excluding hydrogens is 406 g/mol. The lowest BCUT2D eigenvalue weighted by molar-refractivity contribution is -0.138. The van der Waals surface area contributed by atoms with E-state index in [1.165, 1.54) is 4.31 Å². The Hall–Kier alpha value is -2.49. The van der Waals surface area contributed by atoms with Gasteiger partial charge in [0, 0.05) is 25.7 Å². The first kappa shape index (κ1) is 20.8. The van der Waals surface area contributed by atoms with Crippen molar-refractivity contribution in [3.63, 3.8) is 0 Å². The molecule has 2 aliphatic heterocycles. The predicted molar refractivity (Wildman–Crippen MR) is 110 cm³/mol. The van der Waals surface area contributed by atoms with Crippen molar-refractivity contribution >= 4 is 15.9 Å². The molecule has 2 saturated heterocycles. The quantitative estimate of drug-likeness (QED) is 0.712. The third-order valence-corrected chi connectivity index (χ3v) is 7.48. The van der Waals surface area contributed by atoms with Crippen LogP contribution in [-0.2, 0) is 19.6 Å². The monoisotopic (exact) mass is 431 g/mol. The van der Waals surface area contributed by atoms with Crippen LogP contribution in [0.25, 0.3) is 0 Å². The van der Waals surface area contributed by atoms with E-state index in [1.807, 2.05) is 0 Å². The maximum atomic E-state index is 13.5. The number of carbonyl (C=O) groups is 1. The second-order valence-electron chi connectivity index (χ2n) is 7.46. The molecule has 2 aromatic rings. The van der Waals surface area contributed by atoms with Crippen molar-refractivity contribution in [3.05, 3.63) is 54.4 Å². The first-order valence-corrected chi connectivity index (χ1v) is 11.4. The Morgan fingerprint density at radius 2 is 1.93 bits per heavy atom. The van der Waals surface area contributed by atoms with E-state index in [0.29, 0.717) is 37.6 Å². The number of amides is 1. The molecule has 3 heterocycles. The highest BCUT2D eigenvalue weighted by Gasteiger charge is 2.46. The van der Waals surface area contributed by atoms with Gasteiger partial charge in [-0.3, -0.25) is 9.78 Å². The molecule has 9 heteroatoms. The van der Waals surface area contributed by atoms with Gasteiger partial charge in [0.2, 0.25) is 15.9 Å². The highest BCUT2D eigenvalue weighted by atomic mass is 32.2. The average Bonchev–Trinajstić information content (AvgIpc) is 3.19. The second-order valence-corrected chi connectivity index (χ2v) is 9.32. The molecule has 30 heavy (non-hydrogen) atoms. The average molecular weight is 432 g/mol. The number of sulfonamides is 1. The molecule has 2 fully saturated rings. The van der Waals surface area contributed by atoms with Crippen LogP contribution >= 0.6 is 0 Å². The molecule has 2 atom stereocenters. The molecule has 0 saturated carbocycles. The normalized spacial score (nSPS) is 22.8. The van der Waals surface area contributed by atoms with Crippen molar-refractivity contribution in [3.8, 4) is 5.75 Å². The fourth-order valence-electron chi connectivity index (χ4n) is 3.92. The van der Waals surface area contributed by atoms with Crippen LogP contribution in [-0.4, -0.2) is 73.5 Å². The van der Waals surface area contributed by atoms with Gasteiger partial charge in [0.15, 0.2) is 0 Å². The van der Waals surface area contributed by atoms with Crippen LogP contribution in [0.2, 0.25) is 0 Å². The minimum Gasteiger partial charge on any atom is -0.487 e. The van der Waals surface area contributed by atoms with Gasteiger partial charge in [0.1, 0.15) is 17.9 Å². The highest BCUT2D eigenvalue weighted by Crippen LogP contribution is 2.31. The summed E-state index contributed by atoms with van der Waals surface area (Å²) in [6.45, 7) is 3.69. The van der Waals surface area contributed by atoms with Gasteiger partial charge in [-0.2, -0.15) is 4.31 Å². The third kappa shape index (κ3) is 4.19. The van der Waals surface area contributed by atoms with E-state index in [4.69, 9.17) is 9.47 Å². The molecule has 0 N–H and O–H groups in total. The van der Waals surface area contributed by atoms with Crippen molar-refractivity contribution in [1.82, 2.24) is 14.2 Å². The first-order chi connectivity index (χ1) is 14.5. The standard InChI is InChI=1S/C21H25N3O5S/c1-16-5-2-3-7-20(16)30(26,27)24-15-18(29-17-6-4-8-22-14-17)13-19(24)21(25)23-9-11-28-12-10-23/h2-8,14,18-19H,9-13,15H2,1H3/t18-,19+/m0/s1. The Balaban J connectivity index is 1.63. The van der Waals surface area contributed by atoms with Crippen molar-refractivity contribution in [2.24, 2.45) is 0 Å². The Morgan fingerprint density at radius 3 is 2.63 bits per heavy atom. The van der Waals surface area contributed by atoms with Crippen LogP contribution < -0.4 is 4.74 Å². The van der Waals surface area contributed by atoms with Gasteiger partial charge >= 0.3 is 0 Å². The second kappa shape index (κ2) is 8.71. The Kier molecular flexibility index (Phi) is 6.03. The summed E-state index contributed by atoms with van der Waals surface area (Å²) in [6, 6.07) is 9.53. The molecule has 0 unspecified atom stereocenters. The summed E-state index contributed by atoms with van der Waals surface area (Å²) >= 11 is 0. The van der Waals surface area contributed by atoms with E-state index in [1.54, 1.807) is 60.6 Å². The Morgan fingerprint density at radius 1 is 1.17 bits per heavy atom. The largest absolute Gasteiger partial charge is 0.487 e. The van der Waals surface area contributed by atoms with E-state index >= 15 is 0 Å². The summed E-state index contributed by atoms with van der Waals surface area (Å²) in [5, 5.41) is 0. The van der Waals surface area contributed by atoms with Crippen molar-refractivity contribution < 1.29 is 22.7 Å². The molecule has 0 spiro atoms. The zero-order valence-corrected chi connectivity index (χ0v) is 17.6. The van der Waals surface area contributed by atoms with Crippen LogP contribution in [0.4, 0.5) is 0 Å². The van der Waals surface area contributed by atoms with Crippen molar-refractivity contribution in [2.75, 3.05) is 32.8 Å². The lowest BCUT2D eigenvalue weighted by atomic mass is 10.1. The lowest BCUT2D eigenvalue weighted by Crippen LogP contribution is -2.51. The minimum atomic E-state index is -3.87. The maximum absolute atomic E-state index is 13.5. The van der Waals surface area contributed by atoms with E-state index in [-0.39, 0.29) is 23.8 Å². The molecule has 160 valence electrons. The zero-order valence-electron chi connectivity index (χ0n) is 16.8. The van der Waals surface area contributed by atoms with Gasteiger partial charge in [-0.05, 0) is 30.7 Å². The number of hydrogen-bond donors (Lipinski definition) is 0. The zero-order chi connectivity index (χ0) is 21.1. The van der Waals surface area contributed by atoms with Crippen molar-refractivity contribution in [1.29, 1.82) is 0 Å². The fraction of sp³-hybridized carbons (Fsp3) is 0.429.